The number of carbonyl (C=O) groups excluding carboxylic acids is 1. The van der Waals surface area contributed by atoms with Crippen molar-refractivity contribution in [2.75, 3.05) is 26.2 Å². The summed E-state index contributed by atoms with van der Waals surface area (Å²) < 4.78 is 5.80. The zero-order valence-corrected chi connectivity index (χ0v) is 13.0. The number of aromatic nitrogens is 1. The van der Waals surface area contributed by atoms with Crippen LogP contribution < -0.4 is 5.32 Å². The molecule has 1 aromatic rings. The number of hydrogen-bond donors (Lipinski definition) is 1. The monoisotopic (exact) mass is 329 g/mol. The number of halogens is 2. The Labute approximate surface area is 133 Å². The smallest absolute Gasteiger partial charge is 0.252 e. The van der Waals surface area contributed by atoms with Gasteiger partial charge in [0, 0.05) is 25.3 Å². The van der Waals surface area contributed by atoms with Crippen LogP contribution in [0.3, 0.4) is 0 Å². The number of ether oxygens (including phenoxy) is 1. The summed E-state index contributed by atoms with van der Waals surface area (Å²) in [7, 11) is 0. The second-order valence-electron chi connectivity index (χ2n) is 5.45. The fraction of sp³-hybridized carbons (Fsp3) is 0.571. The van der Waals surface area contributed by atoms with E-state index in [0.29, 0.717) is 18.2 Å². The van der Waals surface area contributed by atoms with Crippen LogP contribution in [0.4, 0.5) is 0 Å². The summed E-state index contributed by atoms with van der Waals surface area (Å²) in [5.41, 5.74) is 0.402. The SMILES string of the molecule is O=C(NCC1CN2CCCC2CO1)c1cnc(Cl)c(Cl)c1. The maximum absolute atomic E-state index is 12.1. The highest BCUT2D eigenvalue weighted by Gasteiger charge is 2.32. The van der Waals surface area contributed by atoms with Crippen molar-refractivity contribution in [1.29, 1.82) is 0 Å². The van der Waals surface area contributed by atoms with E-state index in [1.807, 2.05) is 0 Å². The Hall–Kier alpha value is -0.880. The standard InChI is InChI=1S/C14H17Cl2N3O2/c15-12-4-9(5-17-13(12)16)14(20)18-6-11-7-19-3-1-2-10(19)8-21-11/h4-5,10-11H,1-3,6-8H2,(H,18,20). The number of amides is 1. The maximum atomic E-state index is 12.1. The lowest BCUT2D eigenvalue weighted by Crippen LogP contribution is -2.50. The van der Waals surface area contributed by atoms with Gasteiger partial charge < -0.3 is 10.1 Å². The lowest BCUT2D eigenvalue weighted by molar-refractivity contribution is -0.0461. The van der Waals surface area contributed by atoms with Gasteiger partial charge in [-0.15, -0.1) is 0 Å². The van der Waals surface area contributed by atoms with Gasteiger partial charge in [-0.1, -0.05) is 23.2 Å². The molecule has 2 aliphatic heterocycles. The zero-order chi connectivity index (χ0) is 14.8. The fourth-order valence-corrected chi connectivity index (χ4v) is 3.13. The number of morpholine rings is 1. The summed E-state index contributed by atoms with van der Waals surface area (Å²) >= 11 is 11.6. The van der Waals surface area contributed by atoms with E-state index in [2.05, 4.69) is 15.2 Å². The van der Waals surface area contributed by atoms with Crippen LogP contribution in [0.2, 0.25) is 10.2 Å². The molecule has 2 fully saturated rings. The third-order valence-corrected chi connectivity index (χ3v) is 4.70. The molecule has 7 heteroatoms. The van der Waals surface area contributed by atoms with Crippen molar-refractivity contribution < 1.29 is 9.53 Å². The molecule has 21 heavy (non-hydrogen) atoms. The van der Waals surface area contributed by atoms with Gasteiger partial charge in [-0.25, -0.2) is 4.98 Å². The highest BCUT2D eigenvalue weighted by Crippen LogP contribution is 2.22. The van der Waals surface area contributed by atoms with E-state index in [0.717, 1.165) is 19.7 Å². The van der Waals surface area contributed by atoms with Crippen LogP contribution in [0.15, 0.2) is 12.3 Å². The van der Waals surface area contributed by atoms with E-state index in [1.54, 1.807) is 0 Å². The molecule has 0 bridgehead atoms. The van der Waals surface area contributed by atoms with Crippen LogP contribution in [-0.4, -0.2) is 54.2 Å². The van der Waals surface area contributed by atoms with E-state index in [9.17, 15) is 4.79 Å². The van der Waals surface area contributed by atoms with Gasteiger partial charge in [0.2, 0.25) is 0 Å². The molecule has 0 aromatic carbocycles. The Morgan fingerprint density at radius 1 is 1.52 bits per heavy atom. The molecule has 3 heterocycles. The molecule has 2 aliphatic rings. The van der Waals surface area contributed by atoms with Crippen molar-refractivity contribution in [3.05, 3.63) is 28.0 Å². The van der Waals surface area contributed by atoms with E-state index < -0.39 is 0 Å². The topological polar surface area (TPSA) is 54.5 Å². The fourth-order valence-electron chi connectivity index (χ4n) is 2.86. The van der Waals surface area contributed by atoms with Crippen LogP contribution in [0.5, 0.6) is 0 Å². The van der Waals surface area contributed by atoms with Crippen LogP contribution in [0, 0.1) is 0 Å². The molecule has 0 aliphatic carbocycles. The van der Waals surface area contributed by atoms with Gasteiger partial charge in [-0.2, -0.15) is 0 Å². The maximum Gasteiger partial charge on any atom is 0.252 e. The number of nitrogens with one attached hydrogen (secondary N) is 1. The lowest BCUT2D eigenvalue weighted by atomic mass is 10.2. The molecule has 3 rings (SSSR count). The Kier molecular flexibility index (Phi) is 4.64. The second kappa shape index (κ2) is 6.48. The van der Waals surface area contributed by atoms with Crippen molar-refractivity contribution in [2.24, 2.45) is 0 Å². The molecule has 1 aromatic heterocycles. The van der Waals surface area contributed by atoms with Gasteiger partial charge in [0.1, 0.15) is 5.15 Å². The first kappa shape index (κ1) is 15.0. The van der Waals surface area contributed by atoms with Crippen LogP contribution in [-0.2, 0) is 4.74 Å². The average molecular weight is 330 g/mol. The molecule has 0 spiro atoms. The number of nitrogens with zero attached hydrogens (tertiary/aromatic N) is 2. The van der Waals surface area contributed by atoms with E-state index in [1.165, 1.54) is 25.1 Å². The van der Waals surface area contributed by atoms with E-state index in [4.69, 9.17) is 27.9 Å². The summed E-state index contributed by atoms with van der Waals surface area (Å²) in [4.78, 5) is 18.4. The number of rotatable bonds is 3. The zero-order valence-electron chi connectivity index (χ0n) is 11.5. The minimum absolute atomic E-state index is 0.0408. The molecular formula is C14H17Cl2N3O2. The number of hydrogen-bond acceptors (Lipinski definition) is 4. The molecule has 0 saturated carbocycles. The minimum atomic E-state index is -0.215. The lowest BCUT2D eigenvalue weighted by Gasteiger charge is -2.35. The molecule has 114 valence electrons. The van der Waals surface area contributed by atoms with Crippen LogP contribution in [0.25, 0.3) is 0 Å². The Bertz CT molecular complexity index is 541. The number of fused-ring (bicyclic) bond motifs is 1. The summed E-state index contributed by atoms with van der Waals surface area (Å²) in [6.45, 7) is 3.26. The molecule has 2 unspecified atom stereocenters. The van der Waals surface area contributed by atoms with Gasteiger partial charge in [0.15, 0.2) is 0 Å². The van der Waals surface area contributed by atoms with Gasteiger partial charge in [0.25, 0.3) is 5.91 Å². The molecular weight excluding hydrogens is 313 g/mol. The van der Waals surface area contributed by atoms with Gasteiger partial charge >= 0.3 is 0 Å². The van der Waals surface area contributed by atoms with Gasteiger partial charge in [-0.3, -0.25) is 9.69 Å². The minimum Gasteiger partial charge on any atom is -0.373 e. The van der Waals surface area contributed by atoms with Crippen LogP contribution in [0.1, 0.15) is 23.2 Å². The third-order valence-electron chi connectivity index (χ3n) is 4.01. The largest absolute Gasteiger partial charge is 0.373 e. The molecule has 2 atom stereocenters. The van der Waals surface area contributed by atoms with Crippen molar-refractivity contribution in [3.8, 4) is 0 Å². The normalized spacial score (nSPS) is 25.6. The first-order chi connectivity index (χ1) is 10.1. The summed E-state index contributed by atoms with van der Waals surface area (Å²) in [6.07, 6.45) is 3.91. The highest BCUT2D eigenvalue weighted by atomic mass is 35.5. The van der Waals surface area contributed by atoms with Gasteiger partial charge in [-0.05, 0) is 25.5 Å². The van der Waals surface area contributed by atoms with Gasteiger partial charge in [0.05, 0.1) is 23.3 Å². The van der Waals surface area contributed by atoms with Crippen LogP contribution >= 0.6 is 23.2 Å². The predicted octanol–water partition coefficient (Wildman–Crippen LogP) is 1.98. The number of pyridine rings is 1. The van der Waals surface area contributed by atoms with Crippen molar-refractivity contribution >= 4 is 29.1 Å². The van der Waals surface area contributed by atoms with E-state index >= 15 is 0 Å². The predicted molar refractivity (Wildman–Crippen MR) is 80.9 cm³/mol. The Morgan fingerprint density at radius 3 is 3.19 bits per heavy atom. The first-order valence-electron chi connectivity index (χ1n) is 7.08. The number of carbonyl (C=O) groups is 1. The molecule has 1 amide bonds. The van der Waals surface area contributed by atoms with Crippen molar-refractivity contribution in [1.82, 2.24) is 15.2 Å². The molecule has 1 N–H and O–H groups in total. The average Bonchev–Trinajstić information content (AvgIpc) is 2.95. The quantitative estimate of drug-likeness (QED) is 0.861. The highest BCUT2D eigenvalue weighted by molar-refractivity contribution is 6.41. The Morgan fingerprint density at radius 2 is 2.38 bits per heavy atom. The molecule has 0 radical (unpaired) electrons. The van der Waals surface area contributed by atoms with Crippen molar-refractivity contribution in [3.63, 3.8) is 0 Å². The van der Waals surface area contributed by atoms with Crippen molar-refractivity contribution in [2.45, 2.75) is 25.0 Å². The van der Waals surface area contributed by atoms with E-state index in [-0.39, 0.29) is 22.2 Å². The second-order valence-corrected chi connectivity index (χ2v) is 6.22. The summed E-state index contributed by atoms with van der Waals surface area (Å²) in [5.74, 6) is -0.215. The molecule has 2 saturated heterocycles. The molecule has 5 nitrogen and oxygen atoms in total. The summed E-state index contributed by atoms with van der Waals surface area (Å²) in [5, 5.41) is 3.34. The Balaban J connectivity index is 1.52. The first-order valence-corrected chi connectivity index (χ1v) is 7.84. The summed E-state index contributed by atoms with van der Waals surface area (Å²) in [6, 6.07) is 2.08. The third kappa shape index (κ3) is 3.48.